The Morgan fingerprint density at radius 3 is 2.46 bits per heavy atom. The topological polar surface area (TPSA) is 46.6 Å². The molecule has 0 radical (unpaired) electrons. The summed E-state index contributed by atoms with van der Waals surface area (Å²) in [6.07, 6.45) is 1.73. The quantitative estimate of drug-likeness (QED) is 0.740. The molecule has 2 aromatic carbocycles. The Labute approximate surface area is 149 Å². The molecule has 1 saturated heterocycles. The fraction of sp³-hybridized carbons (Fsp3) is 0.111. The van der Waals surface area contributed by atoms with Crippen molar-refractivity contribution in [2.24, 2.45) is 0 Å². The highest BCUT2D eigenvalue weighted by Crippen LogP contribution is 2.32. The minimum atomic E-state index is -0.284. The predicted molar refractivity (Wildman–Crippen MR) is 96.1 cm³/mol. The van der Waals surface area contributed by atoms with Crippen LogP contribution in [0.15, 0.2) is 59.5 Å². The number of nitrogens with zero attached hydrogens (tertiary/aromatic N) is 1. The van der Waals surface area contributed by atoms with Gasteiger partial charge in [-0.25, -0.2) is 0 Å². The zero-order valence-corrected chi connectivity index (χ0v) is 14.2. The minimum absolute atomic E-state index is 0.208. The summed E-state index contributed by atoms with van der Waals surface area (Å²) in [7, 11) is 0. The number of hydrogen-bond donors (Lipinski definition) is 0. The van der Waals surface area contributed by atoms with Gasteiger partial charge in [0.25, 0.3) is 11.1 Å². The molecule has 24 heavy (non-hydrogen) atoms. The van der Waals surface area contributed by atoms with Crippen LogP contribution in [0.2, 0.25) is 5.02 Å². The molecule has 2 aromatic rings. The Kier molecular flexibility index (Phi) is 5.23. The highest BCUT2D eigenvalue weighted by Gasteiger charge is 2.34. The summed E-state index contributed by atoms with van der Waals surface area (Å²) in [5.41, 5.74) is 0.889. The van der Waals surface area contributed by atoms with Gasteiger partial charge < -0.3 is 4.74 Å². The van der Waals surface area contributed by atoms with Crippen LogP contribution in [-0.2, 0) is 4.79 Å². The van der Waals surface area contributed by atoms with Crippen LogP contribution in [0.4, 0.5) is 4.79 Å². The van der Waals surface area contributed by atoms with Gasteiger partial charge in [0.15, 0.2) is 0 Å². The summed E-state index contributed by atoms with van der Waals surface area (Å²) in [6, 6.07) is 16.4. The average molecular weight is 360 g/mol. The number of imide groups is 1. The van der Waals surface area contributed by atoms with Gasteiger partial charge in [-0.3, -0.25) is 14.5 Å². The van der Waals surface area contributed by atoms with Crippen molar-refractivity contribution in [2.75, 3.05) is 13.2 Å². The van der Waals surface area contributed by atoms with Gasteiger partial charge in [-0.05, 0) is 47.7 Å². The van der Waals surface area contributed by atoms with E-state index < -0.39 is 0 Å². The third-order valence-corrected chi connectivity index (χ3v) is 4.53. The fourth-order valence-corrected chi connectivity index (χ4v) is 3.17. The number of amides is 2. The summed E-state index contributed by atoms with van der Waals surface area (Å²) >= 11 is 6.76. The first kappa shape index (κ1) is 16.6. The number of hydrogen-bond acceptors (Lipinski definition) is 4. The van der Waals surface area contributed by atoms with Gasteiger partial charge >= 0.3 is 0 Å². The van der Waals surface area contributed by atoms with E-state index in [1.54, 1.807) is 30.3 Å². The van der Waals surface area contributed by atoms with Crippen molar-refractivity contribution >= 4 is 40.6 Å². The van der Waals surface area contributed by atoms with Crippen molar-refractivity contribution in [3.05, 3.63) is 70.1 Å². The molecule has 0 atom stereocenters. The summed E-state index contributed by atoms with van der Waals surface area (Å²) in [6.45, 7) is 0.442. The normalized spacial score (nSPS) is 16.0. The second-order valence-electron chi connectivity index (χ2n) is 5.05. The lowest BCUT2D eigenvalue weighted by Gasteiger charge is -2.13. The number of halogens is 1. The molecule has 1 heterocycles. The Morgan fingerprint density at radius 2 is 1.75 bits per heavy atom. The smallest absolute Gasteiger partial charge is 0.293 e. The number of ether oxygens (including phenoxy) is 1. The maximum Gasteiger partial charge on any atom is 0.293 e. The van der Waals surface area contributed by atoms with Crippen LogP contribution >= 0.6 is 23.4 Å². The first-order chi connectivity index (χ1) is 11.6. The molecule has 6 heteroatoms. The Bertz CT molecular complexity index is 775. The van der Waals surface area contributed by atoms with Crippen LogP contribution in [0, 0.1) is 0 Å². The second-order valence-corrected chi connectivity index (χ2v) is 6.48. The van der Waals surface area contributed by atoms with Gasteiger partial charge in [0.1, 0.15) is 12.4 Å². The lowest BCUT2D eigenvalue weighted by Crippen LogP contribution is -2.32. The van der Waals surface area contributed by atoms with Crippen LogP contribution in [0.1, 0.15) is 5.56 Å². The standard InChI is InChI=1S/C18H14ClNO3S/c19-14-6-8-15(9-7-14)23-11-10-20-17(21)16(24-18(20)22)12-13-4-2-1-3-5-13/h1-9,12H,10-11H2. The third kappa shape index (κ3) is 3.99. The Morgan fingerprint density at radius 1 is 1.04 bits per heavy atom. The monoisotopic (exact) mass is 359 g/mol. The van der Waals surface area contributed by atoms with Crippen molar-refractivity contribution in [3.63, 3.8) is 0 Å². The molecule has 1 aliphatic rings. The third-order valence-electron chi connectivity index (χ3n) is 3.37. The lowest BCUT2D eigenvalue weighted by molar-refractivity contribution is -0.123. The SMILES string of the molecule is O=C1SC(=Cc2ccccc2)C(=O)N1CCOc1ccc(Cl)cc1. The van der Waals surface area contributed by atoms with Crippen molar-refractivity contribution in [2.45, 2.75) is 0 Å². The molecule has 0 aromatic heterocycles. The number of carbonyl (C=O) groups is 2. The number of carbonyl (C=O) groups excluding carboxylic acids is 2. The van der Waals surface area contributed by atoms with Crippen molar-refractivity contribution in [3.8, 4) is 5.75 Å². The predicted octanol–water partition coefficient (Wildman–Crippen LogP) is 4.46. The molecule has 0 N–H and O–H groups in total. The molecular formula is C18H14ClNO3S. The van der Waals surface area contributed by atoms with Crippen molar-refractivity contribution in [1.29, 1.82) is 0 Å². The van der Waals surface area contributed by atoms with Gasteiger partial charge in [0.05, 0.1) is 11.4 Å². The highest BCUT2D eigenvalue weighted by atomic mass is 35.5. The fourth-order valence-electron chi connectivity index (χ4n) is 2.18. The van der Waals surface area contributed by atoms with E-state index in [1.165, 1.54) is 4.90 Å². The van der Waals surface area contributed by atoms with Crippen LogP contribution in [0.3, 0.4) is 0 Å². The minimum Gasteiger partial charge on any atom is -0.492 e. The van der Waals surface area contributed by atoms with E-state index >= 15 is 0 Å². The van der Waals surface area contributed by atoms with Gasteiger partial charge in [-0.1, -0.05) is 41.9 Å². The molecule has 0 saturated carbocycles. The second kappa shape index (κ2) is 7.55. The molecule has 2 amide bonds. The van der Waals surface area contributed by atoms with Gasteiger partial charge in [0, 0.05) is 5.02 Å². The molecule has 0 unspecified atom stereocenters. The van der Waals surface area contributed by atoms with E-state index in [0.29, 0.717) is 15.7 Å². The summed E-state index contributed by atoms with van der Waals surface area (Å²) in [4.78, 5) is 26.0. The molecule has 1 fully saturated rings. The maximum atomic E-state index is 12.4. The maximum absolute atomic E-state index is 12.4. The van der Waals surface area contributed by atoms with Gasteiger partial charge in [0.2, 0.25) is 0 Å². The summed E-state index contributed by atoms with van der Waals surface area (Å²) < 4.78 is 5.54. The zero-order valence-electron chi connectivity index (χ0n) is 12.6. The number of benzene rings is 2. The molecule has 3 rings (SSSR count). The molecule has 0 spiro atoms. The van der Waals surface area contributed by atoms with Gasteiger partial charge in [-0.2, -0.15) is 0 Å². The molecule has 1 aliphatic heterocycles. The van der Waals surface area contributed by atoms with E-state index in [1.807, 2.05) is 30.3 Å². The molecular weight excluding hydrogens is 346 g/mol. The van der Waals surface area contributed by atoms with Crippen LogP contribution in [-0.4, -0.2) is 29.2 Å². The van der Waals surface area contributed by atoms with Crippen LogP contribution in [0.5, 0.6) is 5.75 Å². The average Bonchev–Trinajstić information content (AvgIpc) is 2.85. The van der Waals surface area contributed by atoms with E-state index in [4.69, 9.17) is 16.3 Å². The first-order valence-electron chi connectivity index (χ1n) is 7.32. The molecule has 0 bridgehead atoms. The summed E-state index contributed by atoms with van der Waals surface area (Å²) in [5, 5.41) is 0.348. The van der Waals surface area contributed by atoms with Crippen molar-refractivity contribution < 1.29 is 14.3 Å². The lowest BCUT2D eigenvalue weighted by atomic mass is 10.2. The number of rotatable bonds is 5. The molecule has 0 aliphatic carbocycles. The largest absolute Gasteiger partial charge is 0.492 e. The van der Waals surface area contributed by atoms with Crippen LogP contribution in [0.25, 0.3) is 6.08 Å². The van der Waals surface area contributed by atoms with E-state index in [2.05, 4.69) is 0 Å². The highest BCUT2D eigenvalue weighted by molar-refractivity contribution is 8.18. The number of thioether (sulfide) groups is 1. The van der Waals surface area contributed by atoms with Gasteiger partial charge in [-0.15, -0.1) is 0 Å². The van der Waals surface area contributed by atoms with E-state index in [0.717, 1.165) is 17.3 Å². The summed E-state index contributed by atoms with van der Waals surface area (Å²) in [5.74, 6) is 0.361. The van der Waals surface area contributed by atoms with E-state index in [9.17, 15) is 9.59 Å². The van der Waals surface area contributed by atoms with E-state index in [-0.39, 0.29) is 24.3 Å². The van der Waals surface area contributed by atoms with Crippen LogP contribution < -0.4 is 4.74 Å². The molecule has 4 nitrogen and oxygen atoms in total. The Balaban J connectivity index is 1.60. The van der Waals surface area contributed by atoms with Crippen molar-refractivity contribution in [1.82, 2.24) is 4.90 Å². The first-order valence-corrected chi connectivity index (χ1v) is 8.52. The zero-order chi connectivity index (χ0) is 16.9. The molecule has 122 valence electrons. The Hall–Kier alpha value is -2.24.